The van der Waals surface area contributed by atoms with Crippen molar-refractivity contribution >= 4 is 0 Å². The molecule has 2 rings (SSSR count). The molecule has 0 heterocycles. The van der Waals surface area contributed by atoms with Gasteiger partial charge in [-0.25, -0.2) is 0 Å². The van der Waals surface area contributed by atoms with E-state index in [2.05, 4.69) is 43.3 Å². The average Bonchev–Trinajstić information content (AvgIpc) is 2.38. The normalized spacial score (nSPS) is 11.8. The summed E-state index contributed by atoms with van der Waals surface area (Å²) in [4.78, 5) is 0. The van der Waals surface area contributed by atoms with Crippen LogP contribution in [0.1, 0.15) is 24.0 Å². The number of nitrogens with zero attached hydrogens (tertiary/aromatic N) is 1. The van der Waals surface area contributed by atoms with Crippen molar-refractivity contribution in [2.45, 2.75) is 19.8 Å². The lowest BCUT2D eigenvalue weighted by atomic mass is 9.92. The number of benzene rings is 2. The molecule has 1 heteroatoms. The largest absolute Gasteiger partial charge is 0.198 e. The maximum absolute atomic E-state index is 9.06. The van der Waals surface area contributed by atoms with E-state index in [4.69, 9.17) is 5.26 Å². The van der Waals surface area contributed by atoms with Gasteiger partial charge < -0.3 is 0 Å². The predicted molar refractivity (Wildman–Crippen MR) is 70.6 cm³/mol. The first kappa shape index (κ1) is 11.4. The molecule has 1 atom stereocenters. The predicted octanol–water partition coefficient (Wildman–Crippen LogP) is 4.29. The van der Waals surface area contributed by atoms with E-state index in [1.807, 2.05) is 25.1 Å². The van der Waals surface area contributed by atoms with Gasteiger partial charge in [0.05, 0.1) is 12.0 Å². The maximum atomic E-state index is 9.06. The third kappa shape index (κ3) is 2.37. The molecule has 1 unspecified atom stereocenters. The molecule has 0 radical (unpaired) electrons. The minimum Gasteiger partial charge on any atom is -0.198 e. The van der Waals surface area contributed by atoms with Crippen molar-refractivity contribution in [3.8, 4) is 17.2 Å². The van der Waals surface area contributed by atoms with Gasteiger partial charge in [-0.1, -0.05) is 54.1 Å². The highest BCUT2D eigenvalue weighted by Crippen LogP contribution is 2.29. The summed E-state index contributed by atoms with van der Waals surface area (Å²) in [7, 11) is 0. The summed E-state index contributed by atoms with van der Waals surface area (Å²) in [5, 5.41) is 9.06. The molecular formula is C16H15N. The Morgan fingerprint density at radius 1 is 1.06 bits per heavy atom. The van der Waals surface area contributed by atoms with Crippen LogP contribution in [0.15, 0.2) is 48.5 Å². The number of rotatable bonds is 2. The summed E-state index contributed by atoms with van der Waals surface area (Å²) in [5.74, 6) is -0.0771. The molecule has 17 heavy (non-hydrogen) atoms. The summed E-state index contributed by atoms with van der Waals surface area (Å²) in [6.45, 7) is 4.02. The fourth-order valence-electron chi connectivity index (χ4n) is 2.02. The van der Waals surface area contributed by atoms with E-state index < -0.39 is 0 Å². The fourth-order valence-corrected chi connectivity index (χ4v) is 2.02. The Morgan fingerprint density at radius 3 is 2.53 bits per heavy atom. The van der Waals surface area contributed by atoms with Crippen molar-refractivity contribution in [2.24, 2.45) is 0 Å². The van der Waals surface area contributed by atoms with Crippen molar-refractivity contribution < 1.29 is 0 Å². The van der Waals surface area contributed by atoms with Crippen LogP contribution in [0.25, 0.3) is 11.1 Å². The molecule has 84 valence electrons. The van der Waals surface area contributed by atoms with Crippen LogP contribution in [0.4, 0.5) is 0 Å². The zero-order chi connectivity index (χ0) is 12.3. The molecule has 0 aliphatic carbocycles. The van der Waals surface area contributed by atoms with Crippen LogP contribution in [0.5, 0.6) is 0 Å². The molecule has 0 saturated heterocycles. The summed E-state index contributed by atoms with van der Waals surface area (Å²) in [5.41, 5.74) is 4.68. The molecule has 0 aromatic heterocycles. The third-order valence-corrected chi connectivity index (χ3v) is 2.95. The van der Waals surface area contributed by atoms with E-state index in [1.54, 1.807) is 0 Å². The highest BCUT2D eigenvalue weighted by molar-refractivity contribution is 5.69. The molecule has 2 aromatic rings. The molecule has 0 aliphatic rings. The first-order valence-electron chi connectivity index (χ1n) is 5.78. The Hall–Kier alpha value is -2.07. The quantitative estimate of drug-likeness (QED) is 0.742. The molecule has 0 saturated carbocycles. The van der Waals surface area contributed by atoms with Crippen molar-refractivity contribution in [3.05, 3.63) is 59.7 Å². The SMILES string of the molecule is Cc1cccc(-c2ccccc2C(C)C#N)c1. The van der Waals surface area contributed by atoms with Crippen LogP contribution in [0.2, 0.25) is 0 Å². The Kier molecular flexibility index (Phi) is 3.25. The fraction of sp³-hybridized carbons (Fsp3) is 0.188. The lowest BCUT2D eigenvalue weighted by molar-refractivity contribution is 0.984. The van der Waals surface area contributed by atoms with E-state index >= 15 is 0 Å². The van der Waals surface area contributed by atoms with Gasteiger partial charge in [-0.05, 0) is 30.5 Å². The topological polar surface area (TPSA) is 23.8 Å². The maximum Gasteiger partial charge on any atom is 0.0701 e. The van der Waals surface area contributed by atoms with Gasteiger partial charge in [0.2, 0.25) is 0 Å². The van der Waals surface area contributed by atoms with Crippen LogP contribution in [0, 0.1) is 18.3 Å². The second-order valence-electron chi connectivity index (χ2n) is 4.31. The van der Waals surface area contributed by atoms with Crippen molar-refractivity contribution in [1.82, 2.24) is 0 Å². The van der Waals surface area contributed by atoms with Gasteiger partial charge in [0.25, 0.3) is 0 Å². The van der Waals surface area contributed by atoms with E-state index in [1.165, 1.54) is 11.1 Å². The van der Waals surface area contributed by atoms with Crippen molar-refractivity contribution in [3.63, 3.8) is 0 Å². The standard InChI is InChI=1S/C16H15N/c1-12-6-5-7-14(10-12)16-9-4-3-8-15(16)13(2)11-17/h3-10,13H,1-2H3. The zero-order valence-corrected chi connectivity index (χ0v) is 10.1. The van der Waals surface area contributed by atoms with Gasteiger partial charge in [-0.3, -0.25) is 0 Å². The lowest BCUT2D eigenvalue weighted by Crippen LogP contribution is -1.93. The minimum absolute atomic E-state index is 0.0771. The minimum atomic E-state index is -0.0771. The smallest absolute Gasteiger partial charge is 0.0701 e. The highest BCUT2D eigenvalue weighted by Gasteiger charge is 2.10. The third-order valence-electron chi connectivity index (χ3n) is 2.95. The summed E-state index contributed by atoms with van der Waals surface area (Å²) in [6.07, 6.45) is 0. The molecule has 0 aliphatic heterocycles. The van der Waals surface area contributed by atoms with E-state index in [0.717, 1.165) is 11.1 Å². The van der Waals surface area contributed by atoms with Gasteiger partial charge in [0, 0.05) is 0 Å². The van der Waals surface area contributed by atoms with Crippen LogP contribution >= 0.6 is 0 Å². The first-order chi connectivity index (χ1) is 8.22. The van der Waals surface area contributed by atoms with E-state index in [9.17, 15) is 0 Å². The molecule has 0 bridgehead atoms. The molecule has 0 spiro atoms. The second-order valence-corrected chi connectivity index (χ2v) is 4.31. The Bertz CT molecular complexity index is 564. The summed E-state index contributed by atoms with van der Waals surface area (Å²) in [6, 6.07) is 18.8. The van der Waals surface area contributed by atoms with Crippen molar-refractivity contribution in [2.75, 3.05) is 0 Å². The number of aryl methyl sites for hydroxylation is 1. The van der Waals surface area contributed by atoms with Crippen LogP contribution in [-0.4, -0.2) is 0 Å². The van der Waals surface area contributed by atoms with Crippen LogP contribution < -0.4 is 0 Å². The molecule has 0 N–H and O–H groups in total. The molecule has 0 fully saturated rings. The number of nitriles is 1. The Morgan fingerprint density at radius 2 is 1.82 bits per heavy atom. The molecular weight excluding hydrogens is 206 g/mol. The second kappa shape index (κ2) is 4.84. The van der Waals surface area contributed by atoms with Gasteiger partial charge in [-0.2, -0.15) is 5.26 Å². The van der Waals surface area contributed by atoms with Gasteiger partial charge in [0.15, 0.2) is 0 Å². The highest BCUT2D eigenvalue weighted by atomic mass is 14.3. The Balaban J connectivity index is 2.56. The first-order valence-corrected chi connectivity index (χ1v) is 5.78. The Labute approximate surface area is 102 Å². The van der Waals surface area contributed by atoms with Gasteiger partial charge in [-0.15, -0.1) is 0 Å². The molecule has 2 aromatic carbocycles. The van der Waals surface area contributed by atoms with Crippen LogP contribution in [-0.2, 0) is 0 Å². The average molecular weight is 221 g/mol. The molecule has 1 nitrogen and oxygen atoms in total. The summed E-state index contributed by atoms with van der Waals surface area (Å²) >= 11 is 0. The number of hydrogen-bond acceptors (Lipinski definition) is 1. The van der Waals surface area contributed by atoms with E-state index in [0.29, 0.717) is 0 Å². The monoisotopic (exact) mass is 221 g/mol. The zero-order valence-electron chi connectivity index (χ0n) is 10.1. The molecule has 0 amide bonds. The van der Waals surface area contributed by atoms with Crippen LogP contribution in [0.3, 0.4) is 0 Å². The van der Waals surface area contributed by atoms with Gasteiger partial charge in [0.1, 0.15) is 0 Å². The van der Waals surface area contributed by atoms with E-state index in [-0.39, 0.29) is 5.92 Å². The van der Waals surface area contributed by atoms with Crippen molar-refractivity contribution in [1.29, 1.82) is 5.26 Å². The van der Waals surface area contributed by atoms with Gasteiger partial charge >= 0.3 is 0 Å². The number of hydrogen-bond donors (Lipinski definition) is 0. The summed E-state index contributed by atoms with van der Waals surface area (Å²) < 4.78 is 0. The lowest BCUT2D eigenvalue weighted by Gasteiger charge is -2.11.